The summed E-state index contributed by atoms with van der Waals surface area (Å²) in [6, 6.07) is 3.22. The van der Waals surface area contributed by atoms with Gasteiger partial charge in [0.2, 0.25) is 0 Å². The van der Waals surface area contributed by atoms with Gasteiger partial charge in [0, 0.05) is 25.2 Å². The van der Waals surface area contributed by atoms with Crippen LogP contribution in [0.3, 0.4) is 0 Å². The number of carboxylic acid groups (broad SMARTS) is 1. The number of halogens is 1. The summed E-state index contributed by atoms with van der Waals surface area (Å²) in [6.07, 6.45) is 3.22. The summed E-state index contributed by atoms with van der Waals surface area (Å²) in [5.74, 6) is -0.179. The van der Waals surface area contributed by atoms with Gasteiger partial charge in [-0.1, -0.05) is 0 Å². The third kappa shape index (κ3) is 2.72. The van der Waals surface area contributed by atoms with Crippen LogP contribution < -0.4 is 4.90 Å². The van der Waals surface area contributed by atoms with Gasteiger partial charge in [-0.15, -0.1) is 0 Å². The number of piperidine rings is 1. The summed E-state index contributed by atoms with van der Waals surface area (Å²) in [5, 5.41) is 8.76. The maximum absolute atomic E-state index is 12.6. The molecule has 1 saturated heterocycles. The summed E-state index contributed by atoms with van der Waals surface area (Å²) < 4.78 is 12.6. The average molecular weight is 238 g/mol. The van der Waals surface area contributed by atoms with E-state index in [0.717, 1.165) is 25.2 Å². The van der Waals surface area contributed by atoms with Gasteiger partial charge in [-0.2, -0.15) is 0 Å². The fraction of sp³-hybridized carbons (Fsp3) is 0.500. The molecule has 1 fully saturated rings. The van der Waals surface area contributed by atoms with Gasteiger partial charge in [-0.25, -0.2) is 9.78 Å². The minimum absolute atomic E-state index is 0.0738. The van der Waals surface area contributed by atoms with Crippen molar-refractivity contribution >= 4 is 11.8 Å². The third-order valence-electron chi connectivity index (χ3n) is 3.06. The summed E-state index contributed by atoms with van der Waals surface area (Å²) in [6.45, 7) is 1.22. The standard InChI is InChI=1S/C12H15FN2O2/c13-6-9-2-1-5-15(8-9)11-4-3-10(7-14-11)12(16)17/h3-4,7,9H,1-2,5-6,8H2,(H,16,17)/t9-/m1/s1. The van der Waals surface area contributed by atoms with Crippen molar-refractivity contribution in [3.8, 4) is 0 Å². The van der Waals surface area contributed by atoms with E-state index in [2.05, 4.69) is 4.98 Å². The van der Waals surface area contributed by atoms with E-state index in [0.29, 0.717) is 6.54 Å². The molecule has 1 aliphatic rings. The van der Waals surface area contributed by atoms with Gasteiger partial charge in [0.05, 0.1) is 12.2 Å². The topological polar surface area (TPSA) is 53.4 Å². The first-order valence-corrected chi connectivity index (χ1v) is 5.71. The molecule has 1 atom stereocenters. The zero-order chi connectivity index (χ0) is 12.3. The molecule has 0 saturated carbocycles. The van der Waals surface area contributed by atoms with E-state index in [1.807, 2.05) is 4.90 Å². The number of carboxylic acids is 1. The predicted molar refractivity (Wildman–Crippen MR) is 62.1 cm³/mol. The number of alkyl halides is 1. The molecule has 0 unspecified atom stereocenters. The normalized spacial score (nSPS) is 20.3. The second-order valence-corrected chi connectivity index (χ2v) is 4.32. The Morgan fingerprint density at radius 2 is 2.41 bits per heavy atom. The highest BCUT2D eigenvalue weighted by atomic mass is 19.1. The molecule has 92 valence electrons. The monoisotopic (exact) mass is 238 g/mol. The number of aromatic nitrogens is 1. The van der Waals surface area contributed by atoms with E-state index in [9.17, 15) is 9.18 Å². The van der Waals surface area contributed by atoms with Crippen molar-refractivity contribution in [2.75, 3.05) is 24.7 Å². The van der Waals surface area contributed by atoms with Crippen molar-refractivity contribution in [3.05, 3.63) is 23.9 Å². The fourth-order valence-corrected chi connectivity index (χ4v) is 2.10. The molecule has 2 rings (SSSR count). The molecule has 1 aliphatic heterocycles. The molecule has 1 aromatic heterocycles. The molecular formula is C12H15FN2O2. The van der Waals surface area contributed by atoms with Crippen LogP contribution in [-0.2, 0) is 0 Å². The molecular weight excluding hydrogens is 223 g/mol. The van der Waals surface area contributed by atoms with Crippen molar-refractivity contribution in [1.82, 2.24) is 4.98 Å². The van der Waals surface area contributed by atoms with E-state index in [1.165, 1.54) is 12.3 Å². The Balaban J connectivity index is 2.08. The Hall–Kier alpha value is -1.65. The Kier molecular flexibility index (Phi) is 3.56. The van der Waals surface area contributed by atoms with Crippen LogP contribution in [0.15, 0.2) is 18.3 Å². The number of nitrogens with zero attached hydrogens (tertiary/aromatic N) is 2. The first kappa shape index (κ1) is 11.8. The van der Waals surface area contributed by atoms with Crippen LogP contribution >= 0.6 is 0 Å². The number of carbonyl (C=O) groups is 1. The van der Waals surface area contributed by atoms with Crippen molar-refractivity contribution in [3.63, 3.8) is 0 Å². The van der Waals surface area contributed by atoms with Crippen molar-refractivity contribution in [2.45, 2.75) is 12.8 Å². The highest BCUT2D eigenvalue weighted by molar-refractivity contribution is 5.87. The molecule has 4 nitrogen and oxygen atoms in total. The van der Waals surface area contributed by atoms with Gasteiger partial charge in [0.15, 0.2) is 0 Å². The summed E-state index contributed by atoms with van der Waals surface area (Å²) in [4.78, 5) is 16.8. The fourth-order valence-electron chi connectivity index (χ4n) is 2.10. The van der Waals surface area contributed by atoms with Crippen LogP contribution in [0, 0.1) is 5.92 Å². The number of anilines is 1. The molecule has 0 spiro atoms. The number of rotatable bonds is 3. The van der Waals surface area contributed by atoms with E-state index in [4.69, 9.17) is 5.11 Å². The Morgan fingerprint density at radius 1 is 1.59 bits per heavy atom. The van der Waals surface area contributed by atoms with E-state index >= 15 is 0 Å². The van der Waals surface area contributed by atoms with Crippen molar-refractivity contribution < 1.29 is 14.3 Å². The van der Waals surface area contributed by atoms with E-state index in [1.54, 1.807) is 6.07 Å². The minimum Gasteiger partial charge on any atom is -0.478 e. The van der Waals surface area contributed by atoms with Crippen molar-refractivity contribution in [1.29, 1.82) is 0 Å². The maximum atomic E-state index is 12.6. The summed E-state index contributed by atoms with van der Waals surface area (Å²) in [5.41, 5.74) is 0.174. The highest BCUT2D eigenvalue weighted by Crippen LogP contribution is 2.21. The highest BCUT2D eigenvalue weighted by Gasteiger charge is 2.20. The zero-order valence-corrected chi connectivity index (χ0v) is 9.47. The molecule has 0 aliphatic carbocycles. The molecule has 0 radical (unpaired) electrons. The molecule has 5 heteroatoms. The quantitative estimate of drug-likeness (QED) is 0.874. The van der Waals surface area contributed by atoms with Crippen molar-refractivity contribution in [2.24, 2.45) is 5.92 Å². The number of hydrogen-bond acceptors (Lipinski definition) is 3. The van der Waals surface area contributed by atoms with Crippen LogP contribution in [0.4, 0.5) is 10.2 Å². The summed E-state index contributed by atoms with van der Waals surface area (Å²) >= 11 is 0. The van der Waals surface area contributed by atoms with Gasteiger partial charge in [-0.05, 0) is 25.0 Å². The Morgan fingerprint density at radius 3 is 3.00 bits per heavy atom. The Bertz CT molecular complexity index is 394. The van der Waals surface area contributed by atoms with Gasteiger partial charge in [0.25, 0.3) is 0 Å². The first-order chi connectivity index (χ1) is 8.20. The third-order valence-corrected chi connectivity index (χ3v) is 3.06. The molecule has 17 heavy (non-hydrogen) atoms. The number of pyridine rings is 1. The lowest BCUT2D eigenvalue weighted by Gasteiger charge is -2.32. The smallest absolute Gasteiger partial charge is 0.337 e. The molecule has 0 bridgehead atoms. The number of hydrogen-bond donors (Lipinski definition) is 1. The van der Waals surface area contributed by atoms with Crippen LogP contribution in [0.2, 0.25) is 0 Å². The molecule has 0 aromatic carbocycles. The van der Waals surface area contributed by atoms with Crippen LogP contribution in [0.1, 0.15) is 23.2 Å². The summed E-state index contributed by atoms with van der Waals surface area (Å²) in [7, 11) is 0. The lowest BCUT2D eigenvalue weighted by Crippen LogP contribution is -2.36. The van der Waals surface area contributed by atoms with Gasteiger partial charge >= 0.3 is 5.97 Å². The largest absolute Gasteiger partial charge is 0.478 e. The maximum Gasteiger partial charge on any atom is 0.337 e. The van der Waals surface area contributed by atoms with Gasteiger partial charge in [0.1, 0.15) is 5.82 Å². The lowest BCUT2D eigenvalue weighted by atomic mass is 9.99. The lowest BCUT2D eigenvalue weighted by molar-refractivity contribution is 0.0696. The second kappa shape index (κ2) is 5.12. The van der Waals surface area contributed by atoms with Crippen LogP contribution in [0.25, 0.3) is 0 Å². The van der Waals surface area contributed by atoms with Crippen LogP contribution in [-0.4, -0.2) is 35.8 Å². The average Bonchev–Trinajstić information content (AvgIpc) is 2.39. The first-order valence-electron chi connectivity index (χ1n) is 5.71. The van der Waals surface area contributed by atoms with Crippen LogP contribution in [0.5, 0.6) is 0 Å². The molecule has 1 N–H and O–H groups in total. The minimum atomic E-state index is -0.982. The SMILES string of the molecule is O=C(O)c1ccc(N2CCC[C@H](CF)C2)nc1. The molecule has 2 heterocycles. The van der Waals surface area contributed by atoms with E-state index in [-0.39, 0.29) is 18.2 Å². The van der Waals surface area contributed by atoms with Gasteiger partial charge in [-0.3, -0.25) is 4.39 Å². The molecule has 1 aromatic rings. The number of aromatic carboxylic acids is 1. The molecule has 0 amide bonds. The second-order valence-electron chi connectivity index (χ2n) is 4.32. The zero-order valence-electron chi connectivity index (χ0n) is 9.47. The van der Waals surface area contributed by atoms with Gasteiger partial charge < -0.3 is 10.0 Å². The predicted octanol–water partition coefficient (Wildman–Crippen LogP) is 1.97. The Labute approximate surface area is 99.1 Å². The van der Waals surface area contributed by atoms with E-state index < -0.39 is 5.97 Å².